The molecule has 0 aromatic heterocycles. The lowest BCUT2D eigenvalue weighted by Crippen LogP contribution is -2.70. The smallest absolute Gasteiger partial charge is 0.412 e. The quantitative estimate of drug-likeness (QED) is 0.0288. The molecule has 0 spiro atoms. The SMILES string of the molecule is C=CCO[C@@]12Oc3ccc(OC(=O)NCCCCCCCCCCCC)cc3[C@H]3[C@H](CCCCO)[C@@H](CCCCO)C=C(C(=NOCC)C[C@@H]1N(Cc1cccc4ccccc14)C(=O)OCCCCCCCCCCCC)[C@H]32. The van der Waals surface area contributed by atoms with Gasteiger partial charge in [-0.1, -0.05) is 202 Å². The van der Waals surface area contributed by atoms with Crippen LogP contribution in [0.4, 0.5) is 9.59 Å². The first-order valence-corrected chi connectivity index (χ1v) is 30.9. The lowest BCUT2D eigenvalue weighted by Gasteiger charge is -2.59. The molecule has 3 aromatic rings. The van der Waals surface area contributed by atoms with Gasteiger partial charge in [0, 0.05) is 37.7 Å². The first kappa shape index (κ1) is 62.3. The van der Waals surface area contributed by atoms with Crippen LogP contribution in [-0.2, 0) is 20.9 Å². The summed E-state index contributed by atoms with van der Waals surface area (Å²) >= 11 is 0. The molecule has 0 bridgehead atoms. The van der Waals surface area contributed by atoms with Crippen molar-refractivity contribution in [2.75, 3.05) is 39.6 Å². The Morgan fingerprint density at radius 3 is 2.08 bits per heavy atom. The van der Waals surface area contributed by atoms with Crippen molar-refractivity contribution in [1.29, 1.82) is 0 Å². The minimum Gasteiger partial charge on any atom is -0.459 e. The second-order valence-corrected chi connectivity index (χ2v) is 22.3. The van der Waals surface area contributed by atoms with Crippen LogP contribution in [0.15, 0.2) is 90.1 Å². The van der Waals surface area contributed by atoms with Gasteiger partial charge in [-0.2, -0.15) is 0 Å². The number of carbonyl (C=O) groups is 2. The Kier molecular flexibility index (Phi) is 27.9. The zero-order chi connectivity index (χ0) is 55.2. The number of carbonyl (C=O) groups excluding carboxylic acids is 2. The van der Waals surface area contributed by atoms with Crippen molar-refractivity contribution in [1.82, 2.24) is 10.2 Å². The van der Waals surface area contributed by atoms with Crippen molar-refractivity contribution < 1.29 is 43.6 Å². The minimum atomic E-state index is -1.48. The van der Waals surface area contributed by atoms with Crippen LogP contribution in [0.1, 0.15) is 211 Å². The summed E-state index contributed by atoms with van der Waals surface area (Å²) in [6.07, 6.45) is 31.7. The normalized spacial score (nSPS) is 20.8. The maximum Gasteiger partial charge on any atom is 0.412 e. The van der Waals surface area contributed by atoms with Gasteiger partial charge in [0.2, 0.25) is 5.79 Å². The summed E-state index contributed by atoms with van der Waals surface area (Å²) in [5.41, 5.74) is 3.50. The molecule has 6 atom stereocenters. The summed E-state index contributed by atoms with van der Waals surface area (Å²) in [7, 11) is 0. The van der Waals surface area contributed by atoms with E-state index in [2.05, 4.69) is 56.1 Å². The van der Waals surface area contributed by atoms with Gasteiger partial charge in [0.05, 0.1) is 31.4 Å². The van der Waals surface area contributed by atoms with Gasteiger partial charge >= 0.3 is 12.2 Å². The molecule has 2 amide bonds. The first-order valence-electron chi connectivity index (χ1n) is 30.9. The van der Waals surface area contributed by atoms with Crippen molar-refractivity contribution in [3.8, 4) is 11.5 Å². The molecule has 0 unspecified atom stereocenters. The van der Waals surface area contributed by atoms with Gasteiger partial charge in [0.25, 0.3) is 0 Å². The van der Waals surface area contributed by atoms with E-state index in [1.54, 1.807) is 12.1 Å². The maximum atomic E-state index is 15.3. The predicted octanol–water partition coefficient (Wildman–Crippen LogP) is 16.1. The number of nitrogens with one attached hydrogen (secondary N) is 1. The molecule has 3 aliphatic rings. The van der Waals surface area contributed by atoms with Gasteiger partial charge in [-0.15, -0.1) is 6.58 Å². The number of ether oxygens (including phenoxy) is 4. The second-order valence-electron chi connectivity index (χ2n) is 22.3. The number of fused-ring (bicyclic) bond motifs is 3. The molecule has 0 saturated heterocycles. The largest absolute Gasteiger partial charge is 0.459 e. The average molecular weight is 1080 g/mol. The van der Waals surface area contributed by atoms with E-state index in [1.165, 1.54) is 89.9 Å². The number of oxime groups is 1. The highest BCUT2D eigenvalue weighted by molar-refractivity contribution is 6.03. The number of hydrogen-bond acceptors (Lipinski definition) is 10. The molecule has 1 heterocycles. The van der Waals surface area contributed by atoms with Crippen LogP contribution >= 0.6 is 0 Å². The van der Waals surface area contributed by atoms with Crippen LogP contribution in [0.2, 0.25) is 0 Å². The molecule has 12 heteroatoms. The van der Waals surface area contributed by atoms with Crippen molar-refractivity contribution >= 4 is 28.7 Å². The molecule has 1 fully saturated rings. The molecule has 78 heavy (non-hydrogen) atoms. The number of benzene rings is 3. The fraction of sp³-hybridized carbons (Fsp3) is 0.652. The van der Waals surface area contributed by atoms with E-state index in [1.807, 2.05) is 42.2 Å². The van der Waals surface area contributed by atoms with Crippen molar-refractivity contribution in [2.45, 2.75) is 218 Å². The van der Waals surface area contributed by atoms with E-state index >= 15 is 4.79 Å². The Balaban J connectivity index is 1.37. The number of nitrogens with zero attached hydrogens (tertiary/aromatic N) is 2. The molecule has 12 nitrogen and oxygen atoms in total. The number of allylic oxidation sites excluding steroid dienone is 1. The molecular weight excluding hydrogens is 979 g/mol. The van der Waals surface area contributed by atoms with E-state index in [4.69, 9.17) is 28.9 Å². The fourth-order valence-electron chi connectivity index (χ4n) is 12.5. The Morgan fingerprint density at radius 1 is 0.769 bits per heavy atom. The third-order valence-electron chi connectivity index (χ3n) is 16.5. The molecule has 3 N–H and O–H groups in total. The lowest BCUT2D eigenvalue weighted by atomic mass is 9.55. The molecule has 6 rings (SSSR count). The number of aliphatic hydroxyl groups excluding tert-OH is 2. The summed E-state index contributed by atoms with van der Waals surface area (Å²) in [5.74, 6) is -1.26. The summed E-state index contributed by atoms with van der Waals surface area (Å²) in [6, 6.07) is 19.3. The second kappa shape index (κ2) is 35.0. The predicted molar refractivity (Wildman–Crippen MR) is 315 cm³/mol. The third-order valence-corrected chi connectivity index (χ3v) is 16.5. The van der Waals surface area contributed by atoms with E-state index in [0.29, 0.717) is 43.2 Å². The fourth-order valence-corrected chi connectivity index (χ4v) is 12.5. The standard InChI is InChI=1S/C66H99N3O9/c1-5-9-11-13-15-17-19-21-23-29-42-67-64(72)77-54-40-41-60-58(48-54)62-56(39-28-31-44-71)52(35-27-30-43-70)47-57-59(68-76-8-4)49-61(66(78-60,63(57)62)75-45-7-3)69(50-53-37-33-36-51-34-25-26-38-55(51)53)65(73)74-46-32-24-22-20-18-16-14-12-10-6-2/h7,25-26,33-34,36-38,40-41,47-48,52,56,61-63,70-71H,3,5-6,8-24,27-32,35,39,42-46,49-50H2,1-2,4H3,(H,67,72)/t52-,56+,61-,62+,63+,66+/m0/s1. The summed E-state index contributed by atoms with van der Waals surface area (Å²) < 4.78 is 27.3. The van der Waals surface area contributed by atoms with E-state index in [0.717, 1.165) is 91.7 Å². The number of amides is 2. The highest BCUT2D eigenvalue weighted by Gasteiger charge is 2.66. The van der Waals surface area contributed by atoms with Gasteiger partial charge in [-0.25, -0.2) is 9.59 Å². The summed E-state index contributed by atoms with van der Waals surface area (Å²) in [5, 5.41) is 30.2. The Bertz CT molecular complexity index is 2290. The van der Waals surface area contributed by atoms with Crippen LogP contribution in [0.3, 0.4) is 0 Å². The van der Waals surface area contributed by atoms with Crippen LogP contribution in [-0.4, -0.2) is 84.4 Å². The Morgan fingerprint density at radius 2 is 1.41 bits per heavy atom. The van der Waals surface area contributed by atoms with Gasteiger partial charge in [0.1, 0.15) is 24.1 Å². The molecule has 3 aromatic carbocycles. The lowest BCUT2D eigenvalue weighted by molar-refractivity contribution is -0.256. The third kappa shape index (κ3) is 18.1. The van der Waals surface area contributed by atoms with Gasteiger partial charge in [-0.05, 0) is 97.4 Å². The monoisotopic (exact) mass is 1080 g/mol. The zero-order valence-electron chi connectivity index (χ0n) is 48.2. The van der Waals surface area contributed by atoms with Crippen molar-refractivity contribution in [3.63, 3.8) is 0 Å². The number of unbranched alkanes of at least 4 members (excludes halogenated alkanes) is 20. The van der Waals surface area contributed by atoms with Crippen LogP contribution in [0.5, 0.6) is 11.5 Å². The highest BCUT2D eigenvalue weighted by Crippen LogP contribution is 2.62. The zero-order valence-corrected chi connectivity index (χ0v) is 48.2. The average Bonchev–Trinajstić information content (AvgIpc) is 3.46. The number of aliphatic hydroxyl groups is 2. The topological polar surface area (TPSA) is 148 Å². The minimum absolute atomic E-state index is 0.000619. The number of hydrogen-bond donors (Lipinski definition) is 3. The van der Waals surface area contributed by atoms with Crippen molar-refractivity contribution in [3.05, 3.63) is 96.1 Å². The Hall–Kier alpha value is -4.91. The molecule has 1 saturated carbocycles. The molecule has 432 valence electrons. The highest BCUT2D eigenvalue weighted by atomic mass is 16.7. The van der Waals surface area contributed by atoms with Crippen LogP contribution in [0, 0.1) is 17.8 Å². The Labute approximate surface area is 469 Å². The molecule has 0 radical (unpaired) electrons. The van der Waals surface area contributed by atoms with E-state index < -0.39 is 29.9 Å². The van der Waals surface area contributed by atoms with Crippen molar-refractivity contribution in [2.24, 2.45) is 22.9 Å². The number of rotatable bonds is 39. The van der Waals surface area contributed by atoms with Gasteiger partial charge in [-0.3, -0.25) is 4.90 Å². The van der Waals surface area contributed by atoms with Crippen LogP contribution in [0.25, 0.3) is 10.8 Å². The molecule has 1 aliphatic heterocycles. The molecule has 2 aliphatic carbocycles. The van der Waals surface area contributed by atoms with E-state index in [9.17, 15) is 15.0 Å². The van der Waals surface area contributed by atoms with Gasteiger partial charge < -0.3 is 39.3 Å². The summed E-state index contributed by atoms with van der Waals surface area (Å²) in [4.78, 5) is 36.7. The molecular formula is C66H99N3O9. The van der Waals surface area contributed by atoms with E-state index in [-0.39, 0.29) is 57.1 Å². The maximum absolute atomic E-state index is 15.3. The summed E-state index contributed by atoms with van der Waals surface area (Å²) in [6.45, 7) is 12.2. The first-order chi connectivity index (χ1) is 38.3. The van der Waals surface area contributed by atoms with Gasteiger partial charge in [0.15, 0.2) is 0 Å². The van der Waals surface area contributed by atoms with Crippen LogP contribution < -0.4 is 14.8 Å².